The maximum Gasteiger partial charge on any atom is 0.231 e. The summed E-state index contributed by atoms with van der Waals surface area (Å²) in [7, 11) is 0. The van der Waals surface area contributed by atoms with Gasteiger partial charge in [0.25, 0.3) is 0 Å². The van der Waals surface area contributed by atoms with Crippen molar-refractivity contribution in [3.05, 3.63) is 66.4 Å². The van der Waals surface area contributed by atoms with Crippen molar-refractivity contribution < 1.29 is 23.7 Å². The lowest BCUT2D eigenvalue weighted by Gasteiger charge is -2.18. The first-order valence-electron chi connectivity index (χ1n) is 10.7. The summed E-state index contributed by atoms with van der Waals surface area (Å²) in [5, 5.41) is 3.39. The summed E-state index contributed by atoms with van der Waals surface area (Å²) in [4.78, 5) is 9.07. The summed E-state index contributed by atoms with van der Waals surface area (Å²) in [5.41, 5.74) is 2.87. The van der Waals surface area contributed by atoms with Gasteiger partial charge >= 0.3 is 0 Å². The highest BCUT2D eigenvalue weighted by molar-refractivity contribution is 5.65. The number of hydrogen-bond donors (Lipinski definition) is 1. The van der Waals surface area contributed by atoms with E-state index in [4.69, 9.17) is 23.7 Å². The standard InChI is InChI=1S/C24H23N3O5/c1-2-4-15(5-3-1)11-28-21-13-30-22-18(12-29-23(21)22)27-24-25-9-8-17(26-24)16-6-7-19-20(10-16)32-14-31-19/h1-10,18,21-23H,11-14H2,(H,25,26,27)/t18-,21+,22+,23+/m0/s1. The minimum Gasteiger partial charge on any atom is -0.454 e. The molecule has 6 rings (SSSR count). The molecule has 8 heteroatoms. The first-order chi connectivity index (χ1) is 15.8. The molecule has 1 aromatic heterocycles. The van der Waals surface area contributed by atoms with Crippen LogP contribution in [0.4, 0.5) is 5.95 Å². The topological polar surface area (TPSA) is 84.0 Å². The number of aromatic nitrogens is 2. The minimum absolute atomic E-state index is 0.0441. The highest BCUT2D eigenvalue weighted by Crippen LogP contribution is 2.36. The van der Waals surface area contributed by atoms with Gasteiger partial charge in [-0.15, -0.1) is 0 Å². The van der Waals surface area contributed by atoms with Crippen molar-refractivity contribution in [1.82, 2.24) is 9.97 Å². The van der Waals surface area contributed by atoms with Crippen LogP contribution in [0.5, 0.6) is 11.5 Å². The number of nitrogens with one attached hydrogen (secondary N) is 1. The highest BCUT2D eigenvalue weighted by atomic mass is 16.7. The third-order valence-corrected chi connectivity index (χ3v) is 5.95. The zero-order chi connectivity index (χ0) is 21.3. The fourth-order valence-corrected chi connectivity index (χ4v) is 4.32. The summed E-state index contributed by atoms with van der Waals surface area (Å²) in [6.45, 7) is 1.81. The number of ether oxygens (including phenoxy) is 5. The van der Waals surface area contributed by atoms with E-state index in [2.05, 4.69) is 27.4 Å². The van der Waals surface area contributed by atoms with Crippen molar-refractivity contribution in [2.45, 2.75) is 31.0 Å². The molecule has 0 bridgehead atoms. The Balaban J connectivity index is 1.11. The third-order valence-electron chi connectivity index (χ3n) is 5.95. The van der Waals surface area contributed by atoms with E-state index in [0.717, 1.165) is 28.3 Å². The largest absolute Gasteiger partial charge is 0.454 e. The molecule has 32 heavy (non-hydrogen) atoms. The van der Waals surface area contributed by atoms with Gasteiger partial charge in [-0.3, -0.25) is 0 Å². The molecule has 4 atom stereocenters. The zero-order valence-corrected chi connectivity index (χ0v) is 17.3. The number of benzene rings is 2. The summed E-state index contributed by atoms with van der Waals surface area (Å²) in [5.74, 6) is 2.01. The van der Waals surface area contributed by atoms with Gasteiger partial charge in [0.05, 0.1) is 31.6 Å². The predicted molar refractivity (Wildman–Crippen MR) is 116 cm³/mol. The Labute approximate surface area is 185 Å². The Hall–Kier alpha value is -3.20. The lowest BCUT2D eigenvalue weighted by atomic mass is 10.1. The molecule has 0 radical (unpaired) electrons. The average molecular weight is 433 g/mol. The smallest absolute Gasteiger partial charge is 0.231 e. The van der Waals surface area contributed by atoms with Crippen molar-refractivity contribution in [2.75, 3.05) is 25.3 Å². The molecule has 3 aromatic rings. The summed E-state index contributed by atoms with van der Waals surface area (Å²) < 4.78 is 29.0. The molecule has 1 N–H and O–H groups in total. The molecule has 164 valence electrons. The molecule has 0 saturated carbocycles. The number of rotatable bonds is 6. The molecule has 2 fully saturated rings. The van der Waals surface area contributed by atoms with Gasteiger partial charge in [0.1, 0.15) is 18.3 Å². The van der Waals surface area contributed by atoms with Crippen LogP contribution in [0.1, 0.15) is 5.56 Å². The number of hydrogen-bond acceptors (Lipinski definition) is 8. The Kier molecular flexibility index (Phi) is 5.10. The Morgan fingerprint density at radius 1 is 0.938 bits per heavy atom. The molecule has 2 saturated heterocycles. The fraction of sp³-hybridized carbons (Fsp3) is 0.333. The molecule has 2 aromatic carbocycles. The number of fused-ring (bicyclic) bond motifs is 2. The van der Waals surface area contributed by atoms with E-state index in [0.29, 0.717) is 25.8 Å². The molecule has 8 nitrogen and oxygen atoms in total. The van der Waals surface area contributed by atoms with Crippen LogP contribution >= 0.6 is 0 Å². The van der Waals surface area contributed by atoms with Gasteiger partial charge in [0, 0.05) is 11.8 Å². The van der Waals surface area contributed by atoms with Crippen LogP contribution in [0.2, 0.25) is 0 Å². The Morgan fingerprint density at radius 2 is 1.81 bits per heavy atom. The highest BCUT2D eigenvalue weighted by Gasteiger charge is 2.48. The van der Waals surface area contributed by atoms with Gasteiger partial charge < -0.3 is 29.0 Å². The number of nitrogens with zero attached hydrogens (tertiary/aromatic N) is 2. The molecule has 0 amide bonds. The maximum atomic E-state index is 6.08. The van der Waals surface area contributed by atoms with E-state index in [1.54, 1.807) is 6.20 Å². The van der Waals surface area contributed by atoms with Gasteiger partial charge in [-0.2, -0.15) is 0 Å². The second kappa shape index (κ2) is 8.38. The zero-order valence-electron chi connectivity index (χ0n) is 17.3. The van der Waals surface area contributed by atoms with Gasteiger partial charge in [0.15, 0.2) is 11.5 Å². The quantitative estimate of drug-likeness (QED) is 0.635. The predicted octanol–water partition coefficient (Wildman–Crippen LogP) is 3.04. The van der Waals surface area contributed by atoms with E-state index in [9.17, 15) is 0 Å². The van der Waals surface area contributed by atoms with E-state index in [-0.39, 0.29) is 31.1 Å². The van der Waals surface area contributed by atoms with Crippen molar-refractivity contribution in [3.8, 4) is 22.8 Å². The van der Waals surface area contributed by atoms with E-state index in [1.165, 1.54) is 0 Å². The van der Waals surface area contributed by atoms with Gasteiger partial charge in [-0.1, -0.05) is 30.3 Å². The molecule has 0 aliphatic carbocycles. The molecule has 3 aliphatic rings. The summed E-state index contributed by atoms with van der Waals surface area (Å²) in [6, 6.07) is 17.7. The molecular weight excluding hydrogens is 410 g/mol. The second-order valence-corrected chi connectivity index (χ2v) is 8.02. The minimum atomic E-state index is -0.103. The summed E-state index contributed by atoms with van der Waals surface area (Å²) in [6.07, 6.45) is 1.44. The lowest BCUT2D eigenvalue weighted by Crippen LogP contribution is -2.37. The maximum absolute atomic E-state index is 6.08. The molecular formula is C24H23N3O5. The fourth-order valence-electron chi connectivity index (χ4n) is 4.32. The monoisotopic (exact) mass is 433 g/mol. The summed E-state index contributed by atoms with van der Waals surface area (Å²) >= 11 is 0. The van der Waals surface area contributed by atoms with Crippen LogP contribution in [0.3, 0.4) is 0 Å². The normalized spacial score (nSPS) is 25.6. The molecule has 0 unspecified atom stereocenters. The first-order valence-corrected chi connectivity index (χ1v) is 10.7. The first kappa shape index (κ1) is 19.5. The van der Waals surface area contributed by atoms with Crippen molar-refractivity contribution >= 4 is 5.95 Å². The van der Waals surface area contributed by atoms with E-state index >= 15 is 0 Å². The van der Waals surface area contributed by atoms with Crippen LogP contribution in [0.15, 0.2) is 60.8 Å². The molecule has 0 spiro atoms. The molecule has 4 heterocycles. The van der Waals surface area contributed by atoms with Crippen LogP contribution in [0.25, 0.3) is 11.3 Å². The van der Waals surface area contributed by atoms with Crippen molar-refractivity contribution in [1.29, 1.82) is 0 Å². The van der Waals surface area contributed by atoms with Crippen molar-refractivity contribution in [2.24, 2.45) is 0 Å². The van der Waals surface area contributed by atoms with Crippen LogP contribution in [-0.4, -0.2) is 54.3 Å². The van der Waals surface area contributed by atoms with E-state index < -0.39 is 0 Å². The number of anilines is 1. The SMILES string of the molecule is c1ccc(CO[C@@H]2CO[C@H]3[C@@H]2OC[C@@H]3Nc2nccc(-c3ccc4c(c3)OCO4)n2)cc1. The van der Waals surface area contributed by atoms with Crippen molar-refractivity contribution in [3.63, 3.8) is 0 Å². The average Bonchev–Trinajstić information content (AvgIpc) is 3.56. The van der Waals surface area contributed by atoms with Gasteiger partial charge in [-0.05, 0) is 29.8 Å². The third kappa shape index (κ3) is 3.77. The van der Waals surface area contributed by atoms with Crippen LogP contribution in [0, 0.1) is 0 Å². The van der Waals surface area contributed by atoms with Gasteiger partial charge in [-0.25, -0.2) is 9.97 Å². The Bertz CT molecular complexity index is 1100. The lowest BCUT2D eigenvalue weighted by molar-refractivity contribution is -0.0388. The van der Waals surface area contributed by atoms with Crippen LogP contribution in [-0.2, 0) is 20.8 Å². The van der Waals surface area contributed by atoms with Gasteiger partial charge in [0.2, 0.25) is 12.7 Å². The molecule has 3 aliphatic heterocycles. The van der Waals surface area contributed by atoms with E-state index in [1.807, 2.05) is 42.5 Å². The Morgan fingerprint density at radius 3 is 2.75 bits per heavy atom. The van der Waals surface area contributed by atoms with Crippen LogP contribution < -0.4 is 14.8 Å². The second-order valence-electron chi connectivity index (χ2n) is 8.02.